The highest BCUT2D eigenvalue weighted by atomic mass is 17.2. The van der Waals surface area contributed by atoms with Crippen molar-refractivity contribution in [2.75, 3.05) is 0 Å². The lowest BCUT2D eigenvalue weighted by Crippen LogP contribution is -2.41. The smallest absolute Gasteiger partial charge is 0.388 e. The Morgan fingerprint density at radius 1 is 0.857 bits per heavy atom. The van der Waals surface area contributed by atoms with Gasteiger partial charge in [-0.15, -0.1) is 0 Å². The molecule has 0 radical (unpaired) electrons. The molecule has 0 saturated heterocycles. The average molecular weight is 300 g/mol. The number of aliphatic carboxylic acids is 1. The largest absolute Gasteiger partial charge is 0.479 e. The Labute approximate surface area is 117 Å². The molecule has 0 fully saturated rings. The van der Waals surface area contributed by atoms with Crippen molar-refractivity contribution in [3.63, 3.8) is 0 Å². The van der Waals surface area contributed by atoms with Gasteiger partial charge in [0.05, 0.1) is 0 Å². The number of aliphatic hydroxyl groups excluding tert-OH is 3. The van der Waals surface area contributed by atoms with Gasteiger partial charge in [-0.1, -0.05) is 30.3 Å². The number of carbonyl (C=O) groups excluding carboxylic acids is 2. The Hall–Kier alpha value is -2.49. The molecular weight excluding hydrogens is 288 g/mol. The Bertz CT molecular complexity index is 513. The lowest BCUT2D eigenvalue weighted by Gasteiger charge is -2.13. The van der Waals surface area contributed by atoms with E-state index in [1.165, 1.54) is 12.1 Å². The summed E-state index contributed by atoms with van der Waals surface area (Å²) in [6.07, 6.45) is -6.61. The Kier molecular flexibility index (Phi) is 5.79. The van der Waals surface area contributed by atoms with Crippen LogP contribution in [0.2, 0.25) is 0 Å². The highest BCUT2D eigenvalue weighted by molar-refractivity contribution is 5.84. The zero-order valence-corrected chi connectivity index (χ0v) is 10.4. The lowest BCUT2D eigenvalue weighted by atomic mass is 10.1. The molecule has 0 aliphatic carbocycles. The second-order valence-corrected chi connectivity index (χ2v) is 3.85. The third kappa shape index (κ3) is 4.53. The quantitative estimate of drug-likeness (QED) is 0.377. The van der Waals surface area contributed by atoms with Crippen LogP contribution in [0.4, 0.5) is 0 Å². The van der Waals surface area contributed by atoms with Crippen LogP contribution in [0.15, 0.2) is 30.3 Å². The standard InChI is InChI=1S/C12H12O9/c13-7(6-4-2-1-3-5-6)11(18)20-21-12(19)9(15)8(14)10(16)17/h1-5,7-9,13-15H,(H,16,17). The van der Waals surface area contributed by atoms with Crippen LogP contribution in [0, 0.1) is 0 Å². The summed E-state index contributed by atoms with van der Waals surface area (Å²) in [6.45, 7) is 0. The van der Waals surface area contributed by atoms with Crippen LogP contribution in [0.3, 0.4) is 0 Å². The van der Waals surface area contributed by atoms with E-state index in [4.69, 9.17) is 15.3 Å². The van der Waals surface area contributed by atoms with Crippen LogP contribution < -0.4 is 0 Å². The van der Waals surface area contributed by atoms with E-state index in [-0.39, 0.29) is 5.56 Å². The molecule has 0 spiro atoms. The molecule has 0 bridgehead atoms. The topological polar surface area (TPSA) is 151 Å². The van der Waals surface area contributed by atoms with Crippen molar-refractivity contribution in [3.05, 3.63) is 35.9 Å². The summed E-state index contributed by atoms with van der Waals surface area (Å²) in [7, 11) is 0. The highest BCUT2D eigenvalue weighted by Crippen LogP contribution is 2.14. The summed E-state index contributed by atoms with van der Waals surface area (Å²) in [5.74, 6) is -4.92. The van der Waals surface area contributed by atoms with Gasteiger partial charge >= 0.3 is 17.9 Å². The summed E-state index contributed by atoms with van der Waals surface area (Å²) in [4.78, 5) is 40.6. The molecule has 3 atom stereocenters. The number of carbonyl (C=O) groups is 3. The van der Waals surface area contributed by atoms with Gasteiger partial charge in [-0.2, -0.15) is 0 Å². The monoisotopic (exact) mass is 300 g/mol. The zero-order chi connectivity index (χ0) is 16.0. The van der Waals surface area contributed by atoms with Gasteiger partial charge in [0.25, 0.3) is 0 Å². The molecule has 3 unspecified atom stereocenters. The van der Waals surface area contributed by atoms with Gasteiger partial charge in [-0.05, 0) is 5.56 Å². The van der Waals surface area contributed by atoms with E-state index in [0.717, 1.165) is 0 Å². The molecule has 1 rings (SSSR count). The molecule has 4 N–H and O–H groups in total. The first-order valence-corrected chi connectivity index (χ1v) is 5.58. The summed E-state index contributed by atoms with van der Waals surface area (Å²) in [6, 6.07) is 7.56. The van der Waals surface area contributed by atoms with Crippen LogP contribution >= 0.6 is 0 Å². The van der Waals surface area contributed by atoms with Crippen LogP contribution in [-0.4, -0.2) is 50.5 Å². The Morgan fingerprint density at radius 2 is 1.38 bits per heavy atom. The third-order valence-corrected chi connectivity index (χ3v) is 2.34. The van der Waals surface area contributed by atoms with Gasteiger partial charge in [0.1, 0.15) is 0 Å². The molecule has 9 nitrogen and oxygen atoms in total. The number of hydrogen-bond donors (Lipinski definition) is 4. The minimum absolute atomic E-state index is 0.171. The van der Waals surface area contributed by atoms with Crippen molar-refractivity contribution in [3.8, 4) is 0 Å². The first kappa shape index (κ1) is 16.6. The summed E-state index contributed by atoms with van der Waals surface area (Å²) in [5.41, 5.74) is 0.171. The normalized spacial score (nSPS) is 14.6. The van der Waals surface area contributed by atoms with Gasteiger partial charge in [-0.25, -0.2) is 24.2 Å². The first-order chi connectivity index (χ1) is 9.84. The zero-order valence-electron chi connectivity index (χ0n) is 10.4. The van der Waals surface area contributed by atoms with E-state index >= 15 is 0 Å². The van der Waals surface area contributed by atoms with E-state index in [1.807, 2.05) is 0 Å². The molecule has 0 heterocycles. The maximum Gasteiger partial charge on any atom is 0.388 e. The molecule has 114 valence electrons. The van der Waals surface area contributed by atoms with Crippen LogP contribution in [0.5, 0.6) is 0 Å². The van der Waals surface area contributed by atoms with Gasteiger partial charge in [0.2, 0.25) is 0 Å². The Balaban J connectivity index is 2.53. The fourth-order valence-corrected chi connectivity index (χ4v) is 1.21. The van der Waals surface area contributed by atoms with E-state index in [9.17, 15) is 19.5 Å². The van der Waals surface area contributed by atoms with Crippen molar-refractivity contribution in [2.45, 2.75) is 18.3 Å². The number of carboxylic acids is 1. The molecule has 21 heavy (non-hydrogen) atoms. The van der Waals surface area contributed by atoms with Crippen LogP contribution in [-0.2, 0) is 24.2 Å². The molecule has 1 aromatic carbocycles. The average Bonchev–Trinajstić information content (AvgIpc) is 2.50. The van der Waals surface area contributed by atoms with Crippen LogP contribution in [0.1, 0.15) is 11.7 Å². The van der Waals surface area contributed by atoms with Gasteiger partial charge in [0.15, 0.2) is 18.3 Å². The van der Waals surface area contributed by atoms with Gasteiger partial charge in [-0.3, -0.25) is 0 Å². The fourth-order valence-electron chi connectivity index (χ4n) is 1.21. The van der Waals surface area contributed by atoms with Gasteiger partial charge in [0, 0.05) is 0 Å². The number of rotatable bonds is 5. The maximum atomic E-state index is 11.4. The predicted octanol–water partition coefficient (Wildman–Crippen LogP) is -1.47. The van der Waals surface area contributed by atoms with Crippen molar-refractivity contribution in [1.29, 1.82) is 0 Å². The lowest BCUT2D eigenvalue weighted by molar-refractivity contribution is -0.272. The molecule has 0 amide bonds. The van der Waals surface area contributed by atoms with E-state index in [0.29, 0.717) is 0 Å². The Morgan fingerprint density at radius 3 is 1.90 bits per heavy atom. The minimum atomic E-state index is -2.44. The highest BCUT2D eigenvalue weighted by Gasteiger charge is 2.33. The molecule has 0 aliphatic rings. The maximum absolute atomic E-state index is 11.4. The molecule has 0 aliphatic heterocycles. The number of aliphatic hydroxyl groups is 3. The van der Waals surface area contributed by atoms with Crippen molar-refractivity contribution in [1.82, 2.24) is 0 Å². The number of hydrogen-bond acceptors (Lipinski definition) is 8. The third-order valence-electron chi connectivity index (χ3n) is 2.34. The molecule has 0 aromatic heterocycles. The molecule has 9 heteroatoms. The SMILES string of the molecule is O=C(OOC(=O)C(O)C(O)C(=O)O)C(O)c1ccccc1. The van der Waals surface area contributed by atoms with Crippen molar-refractivity contribution < 1.29 is 44.6 Å². The molecule has 1 aromatic rings. The number of carboxylic acid groups (broad SMARTS) is 1. The van der Waals surface area contributed by atoms with E-state index < -0.39 is 36.2 Å². The fraction of sp³-hybridized carbons (Fsp3) is 0.250. The van der Waals surface area contributed by atoms with Crippen LogP contribution in [0.25, 0.3) is 0 Å². The summed E-state index contributed by atoms with van der Waals surface area (Å²) >= 11 is 0. The van der Waals surface area contributed by atoms with Crippen molar-refractivity contribution >= 4 is 17.9 Å². The molecule has 0 saturated carbocycles. The summed E-state index contributed by atoms with van der Waals surface area (Å²) in [5, 5.41) is 35.9. The number of benzene rings is 1. The first-order valence-electron chi connectivity index (χ1n) is 5.58. The van der Waals surface area contributed by atoms with E-state index in [1.54, 1.807) is 18.2 Å². The predicted molar refractivity (Wildman–Crippen MR) is 63.2 cm³/mol. The van der Waals surface area contributed by atoms with Crippen molar-refractivity contribution in [2.24, 2.45) is 0 Å². The van der Waals surface area contributed by atoms with E-state index in [2.05, 4.69) is 9.78 Å². The van der Waals surface area contributed by atoms with Gasteiger partial charge < -0.3 is 20.4 Å². The second kappa shape index (κ2) is 7.33. The minimum Gasteiger partial charge on any atom is -0.479 e. The summed E-state index contributed by atoms with van der Waals surface area (Å²) < 4.78 is 0. The molecular formula is C12H12O9. The second-order valence-electron chi connectivity index (χ2n) is 3.85.